The monoisotopic (exact) mass is 248 g/mol. The van der Waals surface area contributed by atoms with Crippen LogP contribution in [-0.2, 0) is 9.53 Å². The van der Waals surface area contributed by atoms with E-state index in [0.29, 0.717) is 12.3 Å². The van der Waals surface area contributed by atoms with Crippen LogP contribution in [0.1, 0.15) is 53.6 Å². The summed E-state index contributed by atoms with van der Waals surface area (Å²) in [6, 6.07) is 5.95. The van der Waals surface area contributed by atoms with Crippen LogP contribution in [-0.4, -0.2) is 19.4 Å². The zero-order valence-electron chi connectivity index (χ0n) is 11.2. The smallest absolute Gasteiger partial charge is 0.305 e. The Bertz CT molecular complexity index is 424. The van der Waals surface area contributed by atoms with Crippen LogP contribution < -0.4 is 0 Å². The van der Waals surface area contributed by atoms with Gasteiger partial charge < -0.3 is 4.74 Å². The number of esters is 1. The van der Waals surface area contributed by atoms with Gasteiger partial charge in [0.25, 0.3) is 0 Å². The van der Waals surface area contributed by atoms with E-state index < -0.39 is 0 Å². The van der Waals surface area contributed by atoms with Gasteiger partial charge in [-0.05, 0) is 42.9 Å². The second-order valence-corrected chi connectivity index (χ2v) is 4.60. The number of benzene rings is 1. The van der Waals surface area contributed by atoms with E-state index >= 15 is 0 Å². The Hall–Kier alpha value is -1.64. The molecule has 0 aliphatic heterocycles. The van der Waals surface area contributed by atoms with E-state index in [1.165, 1.54) is 7.11 Å². The third kappa shape index (κ3) is 3.99. The van der Waals surface area contributed by atoms with Crippen molar-refractivity contribution in [2.24, 2.45) is 0 Å². The number of ether oxygens (including phenoxy) is 1. The fourth-order valence-corrected chi connectivity index (χ4v) is 1.91. The van der Waals surface area contributed by atoms with E-state index in [9.17, 15) is 9.59 Å². The molecule has 0 N–H and O–H groups in total. The van der Waals surface area contributed by atoms with Crippen LogP contribution >= 0.6 is 0 Å². The second kappa shape index (κ2) is 6.94. The van der Waals surface area contributed by atoms with Gasteiger partial charge in [0.1, 0.15) is 6.29 Å². The van der Waals surface area contributed by atoms with Gasteiger partial charge in [-0.2, -0.15) is 0 Å². The molecular weight excluding hydrogens is 228 g/mol. The molecule has 1 aromatic carbocycles. The van der Waals surface area contributed by atoms with Crippen LogP contribution in [0, 0.1) is 6.92 Å². The number of carbonyl (C=O) groups is 2. The summed E-state index contributed by atoms with van der Waals surface area (Å²) in [5.41, 5.74) is 2.88. The van der Waals surface area contributed by atoms with Gasteiger partial charge in [-0.3, -0.25) is 9.59 Å². The summed E-state index contributed by atoms with van der Waals surface area (Å²) in [4.78, 5) is 21.9. The second-order valence-electron chi connectivity index (χ2n) is 4.60. The lowest BCUT2D eigenvalue weighted by atomic mass is 9.93. The van der Waals surface area contributed by atoms with E-state index in [2.05, 4.69) is 11.7 Å². The summed E-state index contributed by atoms with van der Waals surface area (Å²) in [6.07, 6.45) is 3.06. The maximum atomic E-state index is 11.0. The van der Waals surface area contributed by atoms with Crippen LogP contribution in [0.25, 0.3) is 0 Å². The van der Waals surface area contributed by atoms with Gasteiger partial charge in [-0.15, -0.1) is 0 Å². The molecule has 0 bridgehead atoms. The van der Waals surface area contributed by atoms with Crippen molar-refractivity contribution >= 4 is 12.3 Å². The summed E-state index contributed by atoms with van der Waals surface area (Å²) < 4.78 is 4.60. The molecule has 0 saturated heterocycles. The lowest BCUT2D eigenvalue weighted by Gasteiger charge is -2.12. The molecule has 0 aromatic heterocycles. The lowest BCUT2D eigenvalue weighted by Crippen LogP contribution is -2.02. The van der Waals surface area contributed by atoms with E-state index in [0.717, 1.165) is 35.8 Å². The molecule has 0 aliphatic rings. The molecule has 0 spiro atoms. The molecule has 18 heavy (non-hydrogen) atoms. The van der Waals surface area contributed by atoms with E-state index in [1.54, 1.807) is 0 Å². The van der Waals surface area contributed by atoms with Crippen LogP contribution in [0.2, 0.25) is 0 Å². The van der Waals surface area contributed by atoms with Crippen LogP contribution in [0.15, 0.2) is 18.2 Å². The Kier molecular flexibility index (Phi) is 5.56. The molecule has 1 atom stereocenters. The molecular formula is C15H20O3. The number of hydrogen-bond acceptors (Lipinski definition) is 3. The van der Waals surface area contributed by atoms with Crippen LogP contribution in [0.4, 0.5) is 0 Å². The zero-order valence-corrected chi connectivity index (χ0v) is 11.2. The van der Waals surface area contributed by atoms with Crippen LogP contribution in [0.5, 0.6) is 0 Å². The van der Waals surface area contributed by atoms with Crippen molar-refractivity contribution in [2.45, 2.75) is 39.0 Å². The fourth-order valence-electron chi connectivity index (χ4n) is 1.91. The maximum Gasteiger partial charge on any atom is 0.305 e. The predicted molar refractivity (Wildman–Crippen MR) is 70.8 cm³/mol. The summed E-state index contributed by atoms with van der Waals surface area (Å²) in [7, 11) is 1.40. The maximum absolute atomic E-state index is 11.0. The molecule has 1 aromatic rings. The van der Waals surface area contributed by atoms with Crippen molar-refractivity contribution in [1.29, 1.82) is 0 Å². The number of aryl methyl sites for hydroxylation is 1. The predicted octanol–water partition coefficient (Wildman–Crippen LogP) is 3.25. The first kappa shape index (κ1) is 14.4. The molecule has 1 unspecified atom stereocenters. The van der Waals surface area contributed by atoms with Gasteiger partial charge in [0.2, 0.25) is 0 Å². The van der Waals surface area contributed by atoms with Crippen molar-refractivity contribution in [1.82, 2.24) is 0 Å². The average Bonchev–Trinajstić information content (AvgIpc) is 2.38. The Balaban J connectivity index is 2.58. The third-order valence-electron chi connectivity index (χ3n) is 3.25. The SMILES string of the molecule is COC(=O)CCCC(C)c1ccc(C)c(C=O)c1. The van der Waals surface area contributed by atoms with Crippen molar-refractivity contribution < 1.29 is 14.3 Å². The summed E-state index contributed by atoms with van der Waals surface area (Å²) in [6.45, 7) is 4.03. The first-order chi connectivity index (χ1) is 8.58. The van der Waals surface area contributed by atoms with E-state index in [4.69, 9.17) is 0 Å². The molecule has 0 fully saturated rings. The Morgan fingerprint density at radius 3 is 2.78 bits per heavy atom. The standard InChI is InChI=1S/C15H20O3/c1-11(5-4-6-15(17)18-3)13-8-7-12(2)14(9-13)10-16/h7-11H,4-6H2,1-3H3. The number of rotatable bonds is 6. The zero-order chi connectivity index (χ0) is 13.5. The largest absolute Gasteiger partial charge is 0.469 e. The summed E-state index contributed by atoms with van der Waals surface area (Å²) in [5, 5.41) is 0. The minimum atomic E-state index is -0.167. The summed E-state index contributed by atoms with van der Waals surface area (Å²) in [5.74, 6) is 0.175. The number of hydrogen-bond donors (Lipinski definition) is 0. The normalized spacial score (nSPS) is 11.9. The van der Waals surface area contributed by atoms with Gasteiger partial charge >= 0.3 is 5.97 Å². The number of methoxy groups -OCH3 is 1. The number of carbonyl (C=O) groups excluding carboxylic acids is 2. The van der Waals surface area contributed by atoms with Gasteiger partial charge in [-0.1, -0.05) is 19.1 Å². The van der Waals surface area contributed by atoms with Gasteiger partial charge in [0.15, 0.2) is 0 Å². The Morgan fingerprint density at radius 1 is 1.44 bits per heavy atom. The van der Waals surface area contributed by atoms with Crippen LogP contribution in [0.3, 0.4) is 0 Å². The third-order valence-corrected chi connectivity index (χ3v) is 3.25. The van der Waals surface area contributed by atoms with E-state index in [-0.39, 0.29) is 5.97 Å². The Morgan fingerprint density at radius 2 is 2.17 bits per heavy atom. The molecule has 3 heteroatoms. The fraction of sp³-hybridized carbons (Fsp3) is 0.467. The molecule has 0 aliphatic carbocycles. The highest BCUT2D eigenvalue weighted by Gasteiger charge is 2.09. The first-order valence-corrected chi connectivity index (χ1v) is 6.21. The van der Waals surface area contributed by atoms with Crippen molar-refractivity contribution in [3.05, 3.63) is 34.9 Å². The molecule has 3 nitrogen and oxygen atoms in total. The minimum Gasteiger partial charge on any atom is -0.469 e. The van der Waals surface area contributed by atoms with Gasteiger partial charge in [0, 0.05) is 12.0 Å². The van der Waals surface area contributed by atoms with Crippen molar-refractivity contribution in [3.63, 3.8) is 0 Å². The highest BCUT2D eigenvalue weighted by molar-refractivity contribution is 5.77. The molecule has 0 radical (unpaired) electrons. The highest BCUT2D eigenvalue weighted by Crippen LogP contribution is 2.23. The molecule has 98 valence electrons. The molecule has 1 rings (SSSR count). The lowest BCUT2D eigenvalue weighted by molar-refractivity contribution is -0.140. The highest BCUT2D eigenvalue weighted by atomic mass is 16.5. The topological polar surface area (TPSA) is 43.4 Å². The molecule has 0 amide bonds. The average molecular weight is 248 g/mol. The summed E-state index contributed by atoms with van der Waals surface area (Å²) >= 11 is 0. The van der Waals surface area contributed by atoms with Crippen molar-refractivity contribution in [3.8, 4) is 0 Å². The van der Waals surface area contributed by atoms with Gasteiger partial charge in [-0.25, -0.2) is 0 Å². The Labute approximate surface area is 108 Å². The number of aldehydes is 1. The minimum absolute atomic E-state index is 0.167. The first-order valence-electron chi connectivity index (χ1n) is 6.21. The molecule has 0 saturated carbocycles. The van der Waals surface area contributed by atoms with Crippen molar-refractivity contribution in [2.75, 3.05) is 7.11 Å². The van der Waals surface area contributed by atoms with Gasteiger partial charge in [0.05, 0.1) is 7.11 Å². The van der Waals surface area contributed by atoms with E-state index in [1.807, 2.05) is 25.1 Å². The quantitative estimate of drug-likeness (QED) is 0.573. The molecule has 0 heterocycles.